The summed E-state index contributed by atoms with van der Waals surface area (Å²) in [5.74, 6) is -2.28. The molecule has 0 fully saturated rings. The zero-order valence-corrected chi connectivity index (χ0v) is 29.0. The van der Waals surface area contributed by atoms with Gasteiger partial charge in [-0.05, 0) is 67.6 Å². The van der Waals surface area contributed by atoms with E-state index in [2.05, 4.69) is 40.3 Å². The third kappa shape index (κ3) is 14.3. The number of rotatable bonds is 10. The third-order valence-corrected chi connectivity index (χ3v) is 6.54. The lowest BCUT2D eigenvalue weighted by atomic mass is 10.2. The molecule has 0 radical (unpaired) electrons. The summed E-state index contributed by atoms with van der Waals surface area (Å²) in [5.41, 5.74) is 5.32. The maximum Gasteiger partial charge on any atom is 0.337 e. The molecule has 274 valence electrons. The van der Waals surface area contributed by atoms with Gasteiger partial charge >= 0.3 is 17.9 Å². The second kappa shape index (κ2) is 21.8. The van der Waals surface area contributed by atoms with Crippen molar-refractivity contribution in [2.24, 2.45) is 0 Å². The van der Waals surface area contributed by atoms with Gasteiger partial charge in [-0.2, -0.15) is 10.2 Å². The van der Waals surface area contributed by atoms with Gasteiger partial charge in [-0.1, -0.05) is 0 Å². The Bertz CT molecular complexity index is 1990. The summed E-state index contributed by atoms with van der Waals surface area (Å²) in [6.07, 6.45) is 12.9. The van der Waals surface area contributed by atoms with Crippen LogP contribution in [0.25, 0.3) is 22.5 Å². The zero-order chi connectivity index (χ0) is 38.4. The number of ether oxygens (including phenoxy) is 1. The Morgan fingerprint density at radius 1 is 0.698 bits per heavy atom. The molecule has 6 heterocycles. The van der Waals surface area contributed by atoms with Gasteiger partial charge in [-0.15, -0.1) is 0 Å². The van der Waals surface area contributed by atoms with E-state index in [1.807, 2.05) is 24.3 Å². The molecule has 0 unspecified atom stereocenters. The number of aromatic amines is 2. The maximum absolute atomic E-state index is 11.3. The highest BCUT2D eigenvalue weighted by Crippen LogP contribution is 2.17. The average molecular weight is 724 g/mol. The van der Waals surface area contributed by atoms with E-state index >= 15 is 0 Å². The van der Waals surface area contributed by atoms with E-state index in [1.165, 1.54) is 31.8 Å². The number of aliphatic carboxylic acids is 1. The molecule has 17 heteroatoms. The smallest absolute Gasteiger partial charge is 0.337 e. The first-order valence-corrected chi connectivity index (χ1v) is 15.7. The largest absolute Gasteiger partial charge is 0.481 e. The van der Waals surface area contributed by atoms with Crippen molar-refractivity contribution in [1.29, 1.82) is 0 Å². The lowest BCUT2D eigenvalue weighted by molar-refractivity contribution is -0.142. The predicted octanol–water partition coefficient (Wildman–Crippen LogP) is 4.17. The van der Waals surface area contributed by atoms with Crippen molar-refractivity contribution in [3.63, 3.8) is 0 Å². The van der Waals surface area contributed by atoms with Crippen LogP contribution in [-0.2, 0) is 32.0 Å². The van der Waals surface area contributed by atoms with Crippen LogP contribution in [0.2, 0.25) is 0 Å². The number of aromatic nitrogens is 8. The van der Waals surface area contributed by atoms with Crippen molar-refractivity contribution in [1.82, 2.24) is 45.4 Å². The zero-order valence-electron chi connectivity index (χ0n) is 29.0. The van der Waals surface area contributed by atoms with Gasteiger partial charge in [-0.3, -0.25) is 49.4 Å². The second-order valence-corrected chi connectivity index (χ2v) is 10.4. The summed E-state index contributed by atoms with van der Waals surface area (Å²) in [7, 11) is 2.99. The number of pyridine rings is 4. The lowest BCUT2D eigenvalue weighted by Gasteiger charge is -2.12. The first-order valence-electron chi connectivity index (χ1n) is 15.7. The van der Waals surface area contributed by atoms with Gasteiger partial charge in [0.25, 0.3) is 5.91 Å². The van der Waals surface area contributed by atoms with E-state index in [4.69, 9.17) is 19.8 Å². The van der Waals surface area contributed by atoms with Crippen LogP contribution in [0.4, 0.5) is 0 Å². The molecule has 0 aromatic carbocycles. The van der Waals surface area contributed by atoms with Crippen LogP contribution in [0.3, 0.4) is 0 Å². The summed E-state index contributed by atoms with van der Waals surface area (Å²) in [5, 5.41) is 31.7. The number of carboxylic acids is 2. The molecule has 17 nitrogen and oxygen atoms in total. The van der Waals surface area contributed by atoms with E-state index in [0.29, 0.717) is 23.6 Å². The minimum Gasteiger partial charge on any atom is -0.481 e. The highest BCUT2D eigenvalue weighted by molar-refractivity contribution is 5.92. The number of hydrogen-bond acceptors (Lipinski definition) is 12. The van der Waals surface area contributed by atoms with Gasteiger partial charge in [0.1, 0.15) is 0 Å². The van der Waals surface area contributed by atoms with Gasteiger partial charge in [0, 0.05) is 79.1 Å². The number of nitrogens with zero attached hydrogens (tertiary/aromatic N) is 7. The van der Waals surface area contributed by atoms with Crippen LogP contribution in [0.5, 0.6) is 0 Å². The number of aromatic carboxylic acids is 1. The lowest BCUT2D eigenvalue weighted by Crippen LogP contribution is -2.25. The second-order valence-electron chi connectivity index (χ2n) is 10.4. The molecule has 0 spiro atoms. The Labute approximate surface area is 303 Å². The van der Waals surface area contributed by atoms with Crippen molar-refractivity contribution in [3.05, 3.63) is 133 Å². The van der Waals surface area contributed by atoms with E-state index in [9.17, 15) is 19.2 Å². The van der Waals surface area contributed by atoms with Gasteiger partial charge in [0.05, 0.1) is 49.1 Å². The molecule has 4 N–H and O–H groups in total. The fourth-order valence-corrected chi connectivity index (χ4v) is 4.00. The van der Waals surface area contributed by atoms with Crippen LogP contribution < -0.4 is 0 Å². The number of amides is 1. The van der Waals surface area contributed by atoms with E-state index < -0.39 is 11.9 Å². The predicted molar refractivity (Wildman–Crippen MR) is 190 cm³/mol. The van der Waals surface area contributed by atoms with E-state index in [-0.39, 0.29) is 30.3 Å². The Morgan fingerprint density at radius 3 is 1.55 bits per heavy atom. The van der Waals surface area contributed by atoms with E-state index in [1.54, 1.807) is 75.3 Å². The summed E-state index contributed by atoms with van der Waals surface area (Å²) in [6.45, 7) is 2.17. The molecule has 0 aliphatic rings. The number of nitrogens with one attached hydrogen (secondary N) is 2. The topological polar surface area (TPSA) is 239 Å². The molecule has 6 rings (SSSR count). The van der Waals surface area contributed by atoms with Crippen LogP contribution in [0.15, 0.2) is 110 Å². The van der Waals surface area contributed by atoms with Crippen molar-refractivity contribution in [3.8, 4) is 22.5 Å². The fourth-order valence-electron chi connectivity index (χ4n) is 4.00. The number of carbonyl (C=O) groups excluding carboxylic acids is 2. The van der Waals surface area contributed by atoms with Crippen molar-refractivity contribution < 1.29 is 39.0 Å². The standard InChI is InChI=1S/C12H13N3O2.C10H9N3O2.C8H10N2O2.C6H5NO2/c1-2-17-12(16)7-10-6-11(15-14-10)9-4-3-5-13-8-9;14-10(15)5-8-4-9(13-12-8)7-2-1-3-11-6-7;1-10(12-2)8(11)7-4-3-5-9-6-7;8-6(9)5-2-1-3-7-4-5/h3-6,8H,2,7H2,1H3,(H,14,15);1-4,6H,5H2,(H,12,13)(H,14,15);3-6H,1-2H3;1-4H,(H,8,9). The monoisotopic (exact) mass is 723 g/mol. The Morgan fingerprint density at radius 2 is 1.17 bits per heavy atom. The van der Waals surface area contributed by atoms with Crippen LogP contribution >= 0.6 is 0 Å². The normalized spacial score (nSPS) is 9.79. The van der Waals surface area contributed by atoms with Gasteiger partial charge in [0.2, 0.25) is 0 Å². The quantitative estimate of drug-likeness (QED) is 0.115. The fraction of sp³-hybridized carbons (Fsp3) is 0.167. The number of esters is 1. The Hall–Kier alpha value is -7.14. The molecule has 0 aliphatic carbocycles. The SMILES string of the molecule is CCOC(=O)Cc1cc(-c2cccnc2)n[nH]1.CON(C)C(=O)c1cccnc1.O=C(O)Cc1cc(-c2cccnc2)n[nH]1.O=C(O)c1cccnc1. The molecule has 6 aromatic heterocycles. The highest BCUT2D eigenvalue weighted by atomic mass is 16.7. The molecule has 0 bridgehead atoms. The molecule has 0 aliphatic heterocycles. The molecular formula is C36H37N9O8. The number of hydrogen-bond donors (Lipinski definition) is 4. The molecule has 0 atom stereocenters. The molecule has 1 amide bonds. The number of carboxylic acid groups (broad SMARTS) is 2. The molecule has 6 aromatic rings. The number of carbonyl (C=O) groups is 4. The molecule has 53 heavy (non-hydrogen) atoms. The van der Waals surface area contributed by atoms with Crippen molar-refractivity contribution in [2.45, 2.75) is 19.8 Å². The number of H-pyrrole nitrogens is 2. The van der Waals surface area contributed by atoms with Crippen LogP contribution in [0, 0.1) is 0 Å². The number of hydroxylamine groups is 2. The third-order valence-electron chi connectivity index (χ3n) is 6.54. The summed E-state index contributed by atoms with van der Waals surface area (Å²) in [6, 6.07) is 17.4. The minimum absolute atomic E-state index is 0.0484. The Balaban J connectivity index is 0.000000195. The first kappa shape index (κ1) is 40.3. The summed E-state index contributed by atoms with van der Waals surface area (Å²) < 4.78 is 4.86. The van der Waals surface area contributed by atoms with Crippen LogP contribution in [-0.4, -0.2) is 100 Å². The summed E-state index contributed by atoms with van der Waals surface area (Å²) >= 11 is 0. The van der Waals surface area contributed by atoms with Gasteiger partial charge in [0.15, 0.2) is 0 Å². The summed E-state index contributed by atoms with van der Waals surface area (Å²) in [4.78, 5) is 63.4. The maximum atomic E-state index is 11.3. The molecular weight excluding hydrogens is 686 g/mol. The van der Waals surface area contributed by atoms with Gasteiger partial charge < -0.3 is 14.9 Å². The minimum atomic E-state index is -0.942. The first-order chi connectivity index (χ1) is 25.6. The van der Waals surface area contributed by atoms with Crippen molar-refractivity contribution >= 4 is 23.8 Å². The Kier molecular flexibility index (Phi) is 16.6. The van der Waals surface area contributed by atoms with E-state index in [0.717, 1.165) is 27.6 Å². The molecule has 0 saturated carbocycles. The van der Waals surface area contributed by atoms with Crippen LogP contribution in [0.1, 0.15) is 39.0 Å². The van der Waals surface area contributed by atoms with Crippen molar-refractivity contribution in [2.75, 3.05) is 20.8 Å². The average Bonchev–Trinajstić information content (AvgIpc) is 3.86. The van der Waals surface area contributed by atoms with Gasteiger partial charge in [-0.25, -0.2) is 9.86 Å². The molecule has 0 saturated heterocycles. The highest BCUT2D eigenvalue weighted by Gasteiger charge is 2.11.